The highest BCUT2D eigenvalue weighted by Gasteiger charge is 2.41. The molecule has 2 heterocycles. The normalized spacial score (nSPS) is 16.3. The minimum absolute atomic E-state index is 0.0368. The number of hydrogen-bond donors (Lipinski definition) is 1. The van der Waals surface area contributed by atoms with Gasteiger partial charge in [-0.3, -0.25) is 10.1 Å². The Hall–Kier alpha value is -3.29. The Morgan fingerprint density at radius 2 is 2.08 bits per heavy atom. The van der Waals surface area contributed by atoms with Crippen molar-refractivity contribution in [2.75, 3.05) is 7.11 Å². The number of nitrogens with two attached hydrogens (primary N) is 1. The second kappa shape index (κ2) is 5.73. The lowest BCUT2D eigenvalue weighted by Gasteiger charge is -2.23. The van der Waals surface area contributed by atoms with E-state index in [2.05, 4.69) is 0 Å². The molecule has 1 aliphatic rings. The van der Waals surface area contributed by atoms with Crippen molar-refractivity contribution in [1.82, 2.24) is 0 Å². The number of nitro groups is 1. The summed E-state index contributed by atoms with van der Waals surface area (Å²) in [6.07, 6.45) is 0. The van der Waals surface area contributed by atoms with Crippen LogP contribution in [0.25, 0.3) is 0 Å². The number of rotatable bonds is 3. The fraction of sp³-hybridized carbons (Fsp3) is 0.188. The van der Waals surface area contributed by atoms with Crippen LogP contribution in [-0.4, -0.2) is 12.0 Å². The molecule has 0 bridgehead atoms. The van der Waals surface area contributed by atoms with E-state index in [1.54, 1.807) is 31.2 Å². The number of nitrogens with zero attached hydrogens (tertiary/aromatic N) is 1. The predicted molar refractivity (Wildman–Crippen MR) is 83.4 cm³/mol. The Bertz CT molecular complexity index is 915. The molecule has 0 spiro atoms. The number of ether oxygens (including phenoxy) is 2. The van der Waals surface area contributed by atoms with Crippen LogP contribution in [0, 0.1) is 17.0 Å². The first-order valence-electron chi connectivity index (χ1n) is 7.03. The first-order valence-corrected chi connectivity index (χ1v) is 7.03. The fourth-order valence-corrected chi connectivity index (χ4v) is 2.73. The van der Waals surface area contributed by atoms with Gasteiger partial charge in [-0.1, -0.05) is 12.1 Å². The molecule has 1 atom stereocenters. The molecule has 24 heavy (non-hydrogen) atoms. The van der Waals surface area contributed by atoms with Gasteiger partial charge in [0.2, 0.25) is 0 Å². The molecule has 2 N–H and O–H groups in total. The van der Waals surface area contributed by atoms with Crippen molar-refractivity contribution in [2.45, 2.75) is 12.8 Å². The van der Waals surface area contributed by atoms with Crippen LogP contribution in [0.2, 0.25) is 0 Å². The Kier molecular flexibility index (Phi) is 3.72. The molecular weight excluding hydrogens is 316 g/mol. The number of fused-ring (bicyclic) bond motifs is 1. The van der Waals surface area contributed by atoms with Crippen molar-refractivity contribution >= 4 is 0 Å². The second-order valence-corrected chi connectivity index (χ2v) is 5.24. The van der Waals surface area contributed by atoms with Gasteiger partial charge in [0, 0.05) is 6.07 Å². The van der Waals surface area contributed by atoms with E-state index in [9.17, 15) is 14.9 Å². The summed E-state index contributed by atoms with van der Waals surface area (Å²) in [7, 11) is 1.48. The van der Waals surface area contributed by atoms with Crippen molar-refractivity contribution in [3.05, 3.63) is 79.3 Å². The summed E-state index contributed by atoms with van der Waals surface area (Å²) in [6, 6.07) is 8.11. The average molecular weight is 330 g/mol. The second-order valence-electron chi connectivity index (χ2n) is 5.24. The lowest BCUT2D eigenvalue weighted by molar-refractivity contribution is -0.432. The monoisotopic (exact) mass is 330 g/mol. The van der Waals surface area contributed by atoms with Crippen LogP contribution in [0.4, 0.5) is 0 Å². The summed E-state index contributed by atoms with van der Waals surface area (Å²) in [5.74, 6) is -0.403. The molecule has 0 fully saturated rings. The van der Waals surface area contributed by atoms with Crippen molar-refractivity contribution < 1.29 is 18.8 Å². The van der Waals surface area contributed by atoms with Crippen LogP contribution in [0.3, 0.4) is 0 Å². The third-order valence-corrected chi connectivity index (χ3v) is 3.73. The van der Waals surface area contributed by atoms with E-state index in [4.69, 9.17) is 19.6 Å². The van der Waals surface area contributed by atoms with Crippen molar-refractivity contribution in [3.8, 4) is 11.5 Å². The Morgan fingerprint density at radius 1 is 1.33 bits per heavy atom. The zero-order valence-electron chi connectivity index (χ0n) is 12.9. The third-order valence-electron chi connectivity index (χ3n) is 3.73. The summed E-state index contributed by atoms with van der Waals surface area (Å²) < 4.78 is 15.6. The molecule has 3 rings (SSSR count). The molecule has 0 amide bonds. The number of aryl methyl sites for hydroxylation is 1. The van der Waals surface area contributed by atoms with Gasteiger partial charge < -0.3 is 19.6 Å². The molecule has 0 saturated carbocycles. The van der Waals surface area contributed by atoms with E-state index >= 15 is 0 Å². The molecule has 0 saturated heterocycles. The van der Waals surface area contributed by atoms with Crippen molar-refractivity contribution in [1.29, 1.82) is 0 Å². The van der Waals surface area contributed by atoms with Gasteiger partial charge >= 0.3 is 11.3 Å². The molecule has 2 aromatic rings. The molecule has 1 aromatic carbocycles. The lowest BCUT2D eigenvalue weighted by atomic mass is 9.87. The van der Waals surface area contributed by atoms with Gasteiger partial charge in [-0.2, -0.15) is 0 Å². The van der Waals surface area contributed by atoms with Gasteiger partial charge in [0.05, 0.1) is 17.6 Å². The maximum Gasteiger partial charge on any atom is 0.344 e. The highest BCUT2D eigenvalue weighted by atomic mass is 16.6. The van der Waals surface area contributed by atoms with E-state index in [0.29, 0.717) is 17.1 Å². The standard InChI is InChI=1S/C16H14N2O6/c1-8-6-11-13(16(19)23-8)12(14(18(20)21)15(17)24-11)9-4-3-5-10(7-9)22-2/h3-7,12H,17H2,1-2H3/t12-/m1/s1. The van der Waals surface area contributed by atoms with Gasteiger partial charge in [0.25, 0.3) is 5.88 Å². The van der Waals surface area contributed by atoms with Crippen LogP contribution >= 0.6 is 0 Å². The van der Waals surface area contributed by atoms with Gasteiger partial charge in [-0.15, -0.1) is 0 Å². The van der Waals surface area contributed by atoms with Crippen molar-refractivity contribution in [3.63, 3.8) is 0 Å². The van der Waals surface area contributed by atoms with E-state index in [1.807, 2.05) is 0 Å². The smallest absolute Gasteiger partial charge is 0.344 e. The first-order chi connectivity index (χ1) is 11.4. The number of methoxy groups -OCH3 is 1. The molecule has 1 aliphatic heterocycles. The minimum atomic E-state index is -1.02. The highest BCUT2D eigenvalue weighted by molar-refractivity contribution is 5.50. The number of benzene rings is 1. The molecule has 0 aliphatic carbocycles. The quantitative estimate of drug-likeness (QED) is 0.674. The molecule has 124 valence electrons. The third kappa shape index (κ3) is 2.47. The van der Waals surface area contributed by atoms with Crippen LogP contribution in [0.15, 0.2) is 51.1 Å². The van der Waals surface area contributed by atoms with E-state index in [-0.39, 0.29) is 17.2 Å². The molecule has 0 radical (unpaired) electrons. The topological polar surface area (TPSA) is 118 Å². The fourth-order valence-electron chi connectivity index (χ4n) is 2.73. The Morgan fingerprint density at radius 3 is 2.75 bits per heavy atom. The highest BCUT2D eigenvalue weighted by Crippen LogP contribution is 2.41. The molecular formula is C16H14N2O6. The van der Waals surface area contributed by atoms with Crippen LogP contribution in [0.5, 0.6) is 11.5 Å². The molecule has 0 unspecified atom stereocenters. The molecule has 1 aromatic heterocycles. The minimum Gasteiger partial charge on any atom is -0.497 e. The number of allylic oxidation sites excluding steroid dienone is 1. The first kappa shape index (κ1) is 15.6. The van der Waals surface area contributed by atoms with Crippen LogP contribution < -0.4 is 20.8 Å². The van der Waals surface area contributed by atoms with E-state index in [1.165, 1.54) is 13.2 Å². The average Bonchev–Trinajstić information content (AvgIpc) is 2.52. The van der Waals surface area contributed by atoms with E-state index < -0.39 is 22.2 Å². The number of hydrogen-bond acceptors (Lipinski definition) is 7. The van der Waals surface area contributed by atoms with Crippen LogP contribution in [-0.2, 0) is 0 Å². The summed E-state index contributed by atoms with van der Waals surface area (Å²) >= 11 is 0. The maximum absolute atomic E-state index is 12.3. The van der Waals surface area contributed by atoms with Crippen LogP contribution in [0.1, 0.15) is 22.8 Å². The van der Waals surface area contributed by atoms with E-state index in [0.717, 1.165) is 0 Å². The Labute approximate surface area is 136 Å². The zero-order chi connectivity index (χ0) is 17.4. The largest absolute Gasteiger partial charge is 0.497 e. The summed E-state index contributed by atoms with van der Waals surface area (Å²) in [4.78, 5) is 23.2. The van der Waals surface area contributed by atoms with Gasteiger partial charge in [-0.05, 0) is 24.6 Å². The Balaban J connectivity index is 2.31. The zero-order valence-corrected chi connectivity index (χ0v) is 12.9. The maximum atomic E-state index is 12.3. The SMILES string of the molecule is COc1cccc([C@H]2C([N+](=O)[O-])=C(N)Oc3cc(C)oc(=O)c32)c1. The summed E-state index contributed by atoms with van der Waals surface area (Å²) in [5.41, 5.74) is 5.14. The van der Waals surface area contributed by atoms with Gasteiger partial charge in [-0.25, -0.2) is 4.79 Å². The summed E-state index contributed by atoms with van der Waals surface area (Å²) in [5, 5.41) is 11.5. The predicted octanol–water partition coefficient (Wildman–Crippen LogP) is 1.89. The molecule has 8 nitrogen and oxygen atoms in total. The van der Waals surface area contributed by atoms with Gasteiger partial charge in [0.15, 0.2) is 0 Å². The molecule has 8 heteroatoms. The lowest BCUT2D eigenvalue weighted by Crippen LogP contribution is -2.29. The summed E-state index contributed by atoms with van der Waals surface area (Å²) in [6.45, 7) is 1.58. The van der Waals surface area contributed by atoms with Crippen molar-refractivity contribution in [2.24, 2.45) is 5.73 Å². The van der Waals surface area contributed by atoms with Gasteiger partial charge in [0.1, 0.15) is 23.2 Å².